The smallest absolute Gasteiger partial charge is 0.330 e. The molecule has 1 rings (SSSR count). The first-order valence-corrected chi connectivity index (χ1v) is 6.68. The molecule has 0 aromatic heterocycles. The lowest BCUT2D eigenvalue weighted by Crippen LogP contribution is -2.38. The highest BCUT2D eigenvalue weighted by molar-refractivity contribution is 5.90. The Labute approximate surface area is 123 Å². The fourth-order valence-electron chi connectivity index (χ4n) is 1.47. The normalized spacial score (nSPS) is 12.0. The van der Waals surface area contributed by atoms with E-state index in [0.717, 1.165) is 5.56 Å². The Balaban J connectivity index is 2.54. The summed E-state index contributed by atoms with van der Waals surface area (Å²) in [4.78, 5) is 22.7. The lowest BCUT2D eigenvalue weighted by molar-refractivity contribution is -0.137. The molecule has 0 aliphatic rings. The quantitative estimate of drug-likeness (QED) is 0.551. The molecule has 0 unspecified atom stereocenters. The van der Waals surface area contributed by atoms with E-state index >= 15 is 0 Å². The first-order chi connectivity index (χ1) is 10.0. The number of benzene rings is 1. The molecule has 21 heavy (non-hydrogen) atoms. The van der Waals surface area contributed by atoms with Crippen LogP contribution in [0, 0.1) is 0 Å². The standard InChI is InChI=1S/C15H20N2O4/c1-3-21-14(19)9-6-12-4-7-13(8-5-12)17-15(20)16-11(2)10-18/h4-9,11,18H,3,10H2,1-2H3,(H2,16,17,20)/b9-6+/t11-/m1/s1. The zero-order valence-corrected chi connectivity index (χ0v) is 12.1. The van der Waals surface area contributed by atoms with Crippen LogP contribution in [0.5, 0.6) is 0 Å². The van der Waals surface area contributed by atoms with Gasteiger partial charge in [0.25, 0.3) is 0 Å². The number of nitrogens with one attached hydrogen (secondary N) is 2. The first kappa shape index (κ1) is 16.7. The van der Waals surface area contributed by atoms with Crippen LogP contribution in [0.3, 0.4) is 0 Å². The van der Waals surface area contributed by atoms with Crippen molar-refractivity contribution in [1.82, 2.24) is 5.32 Å². The Kier molecular flexibility index (Phi) is 6.97. The van der Waals surface area contributed by atoms with Gasteiger partial charge in [-0.15, -0.1) is 0 Å². The summed E-state index contributed by atoms with van der Waals surface area (Å²) in [7, 11) is 0. The number of ether oxygens (including phenoxy) is 1. The molecule has 0 saturated heterocycles. The molecule has 6 heteroatoms. The number of esters is 1. The van der Waals surface area contributed by atoms with E-state index < -0.39 is 5.97 Å². The second kappa shape index (κ2) is 8.76. The Morgan fingerprint density at radius 1 is 1.33 bits per heavy atom. The Hall–Kier alpha value is -2.34. The molecule has 0 aliphatic heterocycles. The van der Waals surface area contributed by atoms with Crippen LogP contribution in [0.1, 0.15) is 19.4 Å². The van der Waals surface area contributed by atoms with Crippen LogP contribution in [0.2, 0.25) is 0 Å². The van der Waals surface area contributed by atoms with Crippen molar-refractivity contribution in [2.75, 3.05) is 18.5 Å². The molecular weight excluding hydrogens is 272 g/mol. The molecule has 0 fully saturated rings. The number of rotatable bonds is 6. The summed E-state index contributed by atoms with van der Waals surface area (Å²) in [5.41, 5.74) is 1.43. The average Bonchev–Trinajstić information content (AvgIpc) is 2.46. The number of urea groups is 1. The van der Waals surface area contributed by atoms with E-state index in [9.17, 15) is 9.59 Å². The summed E-state index contributed by atoms with van der Waals surface area (Å²) in [6.45, 7) is 3.66. The van der Waals surface area contributed by atoms with Crippen LogP contribution in [0.15, 0.2) is 30.3 Å². The Morgan fingerprint density at radius 3 is 2.57 bits per heavy atom. The fraction of sp³-hybridized carbons (Fsp3) is 0.333. The molecule has 0 aliphatic carbocycles. The molecule has 0 bridgehead atoms. The summed E-state index contributed by atoms with van der Waals surface area (Å²) >= 11 is 0. The van der Waals surface area contributed by atoms with Crippen molar-refractivity contribution in [3.8, 4) is 0 Å². The van der Waals surface area contributed by atoms with Gasteiger partial charge in [0.1, 0.15) is 0 Å². The molecule has 114 valence electrons. The number of carbonyl (C=O) groups is 2. The van der Waals surface area contributed by atoms with Crippen molar-refractivity contribution in [1.29, 1.82) is 0 Å². The second-order valence-electron chi connectivity index (χ2n) is 4.39. The molecule has 3 N–H and O–H groups in total. The molecule has 0 saturated carbocycles. The number of aliphatic hydroxyl groups excluding tert-OH is 1. The van der Waals surface area contributed by atoms with Crippen molar-refractivity contribution < 1.29 is 19.4 Å². The van der Waals surface area contributed by atoms with E-state index in [1.165, 1.54) is 6.08 Å². The number of anilines is 1. The van der Waals surface area contributed by atoms with Gasteiger partial charge in [0.15, 0.2) is 0 Å². The highest BCUT2D eigenvalue weighted by Gasteiger charge is 2.05. The molecule has 1 atom stereocenters. The van der Waals surface area contributed by atoms with Gasteiger partial charge in [0, 0.05) is 11.8 Å². The molecule has 6 nitrogen and oxygen atoms in total. The SMILES string of the molecule is CCOC(=O)/C=C/c1ccc(NC(=O)N[C@H](C)CO)cc1. The predicted octanol–water partition coefficient (Wildman–Crippen LogP) is 1.77. The molecular formula is C15H20N2O4. The van der Waals surface area contributed by atoms with Crippen LogP contribution in [-0.4, -0.2) is 36.4 Å². The average molecular weight is 292 g/mol. The number of hydrogen-bond donors (Lipinski definition) is 3. The molecule has 1 aromatic carbocycles. The van der Waals surface area contributed by atoms with Gasteiger partial charge in [-0.25, -0.2) is 9.59 Å². The van der Waals surface area contributed by atoms with Gasteiger partial charge >= 0.3 is 12.0 Å². The van der Waals surface area contributed by atoms with E-state index in [0.29, 0.717) is 12.3 Å². The monoisotopic (exact) mass is 292 g/mol. The topological polar surface area (TPSA) is 87.7 Å². The third kappa shape index (κ3) is 6.58. The van der Waals surface area contributed by atoms with Gasteiger partial charge in [-0.1, -0.05) is 12.1 Å². The van der Waals surface area contributed by atoms with Gasteiger partial charge < -0.3 is 20.5 Å². The molecule has 0 radical (unpaired) electrons. The van der Waals surface area contributed by atoms with Crippen molar-refractivity contribution in [2.24, 2.45) is 0 Å². The second-order valence-corrected chi connectivity index (χ2v) is 4.39. The summed E-state index contributed by atoms with van der Waals surface area (Å²) in [6.07, 6.45) is 2.98. The van der Waals surface area contributed by atoms with Crippen molar-refractivity contribution >= 4 is 23.8 Å². The fourth-order valence-corrected chi connectivity index (χ4v) is 1.47. The zero-order valence-electron chi connectivity index (χ0n) is 12.1. The van der Waals surface area contributed by atoms with E-state index in [1.54, 1.807) is 44.2 Å². The van der Waals surface area contributed by atoms with Crippen LogP contribution in [0.25, 0.3) is 6.08 Å². The first-order valence-electron chi connectivity index (χ1n) is 6.68. The van der Waals surface area contributed by atoms with Crippen molar-refractivity contribution in [2.45, 2.75) is 19.9 Å². The maximum atomic E-state index is 11.5. The van der Waals surface area contributed by atoms with Crippen molar-refractivity contribution in [3.05, 3.63) is 35.9 Å². The maximum Gasteiger partial charge on any atom is 0.330 e. The maximum absolute atomic E-state index is 11.5. The van der Waals surface area contributed by atoms with Gasteiger partial charge in [0.2, 0.25) is 0 Å². The summed E-state index contributed by atoms with van der Waals surface area (Å²) in [5, 5.41) is 14.1. The predicted molar refractivity (Wildman–Crippen MR) is 80.8 cm³/mol. The lowest BCUT2D eigenvalue weighted by Gasteiger charge is -2.11. The van der Waals surface area contributed by atoms with Gasteiger partial charge in [-0.05, 0) is 37.6 Å². The number of amides is 2. The highest BCUT2D eigenvalue weighted by atomic mass is 16.5. The molecule has 2 amide bonds. The minimum atomic E-state index is -0.392. The molecule has 1 aromatic rings. The van der Waals surface area contributed by atoms with Crippen LogP contribution < -0.4 is 10.6 Å². The van der Waals surface area contributed by atoms with E-state index in [4.69, 9.17) is 9.84 Å². The molecule has 0 heterocycles. The van der Waals surface area contributed by atoms with Gasteiger partial charge in [-0.2, -0.15) is 0 Å². The zero-order chi connectivity index (χ0) is 15.7. The lowest BCUT2D eigenvalue weighted by atomic mass is 10.2. The Morgan fingerprint density at radius 2 is 2.00 bits per heavy atom. The Bertz CT molecular complexity index is 497. The van der Waals surface area contributed by atoms with Crippen LogP contribution in [-0.2, 0) is 9.53 Å². The highest BCUT2D eigenvalue weighted by Crippen LogP contribution is 2.10. The number of carbonyl (C=O) groups excluding carboxylic acids is 2. The third-order valence-corrected chi connectivity index (χ3v) is 2.52. The van der Waals surface area contributed by atoms with Gasteiger partial charge in [-0.3, -0.25) is 0 Å². The van der Waals surface area contributed by atoms with E-state index in [1.807, 2.05) is 0 Å². The number of hydrogen-bond acceptors (Lipinski definition) is 4. The molecule has 0 spiro atoms. The van der Waals surface area contributed by atoms with Gasteiger partial charge in [0.05, 0.1) is 19.3 Å². The van der Waals surface area contributed by atoms with Crippen molar-refractivity contribution in [3.63, 3.8) is 0 Å². The summed E-state index contributed by atoms with van der Waals surface area (Å²) in [5.74, 6) is -0.392. The van der Waals surface area contributed by atoms with E-state index in [-0.39, 0.29) is 18.7 Å². The third-order valence-electron chi connectivity index (χ3n) is 2.52. The minimum absolute atomic E-state index is 0.120. The van der Waals surface area contributed by atoms with E-state index in [2.05, 4.69) is 10.6 Å². The van der Waals surface area contributed by atoms with Crippen LogP contribution in [0.4, 0.5) is 10.5 Å². The largest absolute Gasteiger partial charge is 0.463 e. The number of aliphatic hydroxyl groups is 1. The van der Waals surface area contributed by atoms with Crippen LogP contribution >= 0.6 is 0 Å². The summed E-state index contributed by atoms with van der Waals surface area (Å²) in [6, 6.07) is 6.27. The summed E-state index contributed by atoms with van der Waals surface area (Å²) < 4.78 is 4.78. The minimum Gasteiger partial charge on any atom is -0.463 e.